The number of hydrogen-bond donors (Lipinski definition) is 3. The van der Waals surface area contributed by atoms with Crippen LogP contribution < -0.4 is 10.6 Å². The molecule has 0 spiro atoms. The number of carbonyl (C=O) groups is 1. The molecule has 2 aromatic rings. The second-order valence-corrected chi connectivity index (χ2v) is 6.20. The SMILES string of the molecule is CC(NCc1c[nH]c2ccccc12)C(=O)NC(C)(C)C. The van der Waals surface area contributed by atoms with E-state index in [-0.39, 0.29) is 17.5 Å². The van der Waals surface area contributed by atoms with Gasteiger partial charge in [0.25, 0.3) is 0 Å². The van der Waals surface area contributed by atoms with Crippen molar-refractivity contribution in [3.8, 4) is 0 Å². The van der Waals surface area contributed by atoms with Gasteiger partial charge in [-0.05, 0) is 39.3 Å². The van der Waals surface area contributed by atoms with Crippen molar-refractivity contribution in [1.82, 2.24) is 15.6 Å². The lowest BCUT2D eigenvalue weighted by Crippen LogP contribution is -2.49. The normalized spacial score (nSPS) is 13.4. The van der Waals surface area contributed by atoms with Gasteiger partial charge >= 0.3 is 0 Å². The Kier molecular flexibility index (Phi) is 4.14. The molecule has 0 bridgehead atoms. The first kappa shape index (κ1) is 14.6. The molecular weight excluding hydrogens is 250 g/mol. The van der Waals surface area contributed by atoms with Crippen LogP contribution in [0.15, 0.2) is 30.5 Å². The predicted molar refractivity (Wildman–Crippen MR) is 82.5 cm³/mol. The maximum absolute atomic E-state index is 12.0. The summed E-state index contributed by atoms with van der Waals surface area (Å²) < 4.78 is 0. The number of rotatable bonds is 4. The maximum atomic E-state index is 12.0. The van der Waals surface area contributed by atoms with Gasteiger partial charge in [-0.15, -0.1) is 0 Å². The van der Waals surface area contributed by atoms with Gasteiger partial charge in [-0.3, -0.25) is 4.79 Å². The molecule has 1 atom stereocenters. The highest BCUT2D eigenvalue weighted by molar-refractivity contribution is 5.84. The molecule has 0 saturated carbocycles. The average Bonchev–Trinajstić information content (AvgIpc) is 2.77. The zero-order valence-corrected chi connectivity index (χ0v) is 12.6. The highest BCUT2D eigenvalue weighted by Crippen LogP contribution is 2.17. The molecule has 108 valence electrons. The van der Waals surface area contributed by atoms with Crippen LogP contribution in [0.1, 0.15) is 33.3 Å². The molecule has 4 nitrogen and oxygen atoms in total. The molecule has 20 heavy (non-hydrogen) atoms. The first-order chi connectivity index (χ1) is 9.37. The minimum Gasteiger partial charge on any atom is -0.361 e. The first-order valence-electron chi connectivity index (χ1n) is 6.97. The van der Waals surface area contributed by atoms with Gasteiger partial charge in [-0.25, -0.2) is 0 Å². The molecule has 4 heteroatoms. The number of nitrogens with one attached hydrogen (secondary N) is 3. The molecule has 0 aliphatic carbocycles. The molecule has 0 aliphatic rings. The molecule has 0 aliphatic heterocycles. The Balaban J connectivity index is 1.96. The second-order valence-electron chi connectivity index (χ2n) is 6.20. The molecule has 0 saturated heterocycles. The van der Waals surface area contributed by atoms with Gasteiger partial charge < -0.3 is 15.6 Å². The zero-order valence-electron chi connectivity index (χ0n) is 12.6. The van der Waals surface area contributed by atoms with Gasteiger partial charge in [0.05, 0.1) is 6.04 Å². The lowest BCUT2D eigenvalue weighted by Gasteiger charge is -2.23. The summed E-state index contributed by atoms with van der Waals surface area (Å²) in [6.07, 6.45) is 1.99. The van der Waals surface area contributed by atoms with Gasteiger partial charge in [-0.2, -0.15) is 0 Å². The lowest BCUT2D eigenvalue weighted by molar-refractivity contribution is -0.124. The molecule has 1 unspecified atom stereocenters. The van der Waals surface area contributed by atoms with Crippen LogP contribution in [0, 0.1) is 0 Å². The second kappa shape index (κ2) is 5.67. The van der Waals surface area contributed by atoms with Crippen molar-refractivity contribution in [2.24, 2.45) is 0 Å². The number of benzene rings is 1. The zero-order chi connectivity index (χ0) is 14.8. The quantitative estimate of drug-likeness (QED) is 0.802. The summed E-state index contributed by atoms with van der Waals surface area (Å²) in [7, 11) is 0. The smallest absolute Gasteiger partial charge is 0.237 e. The van der Waals surface area contributed by atoms with Gasteiger partial charge in [0.15, 0.2) is 0 Å². The summed E-state index contributed by atoms with van der Waals surface area (Å²) in [6, 6.07) is 7.95. The van der Waals surface area contributed by atoms with Crippen LogP contribution in [0.2, 0.25) is 0 Å². The van der Waals surface area contributed by atoms with Gasteiger partial charge in [-0.1, -0.05) is 18.2 Å². The fraction of sp³-hybridized carbons (Fsp3) is 0.438. The number of hydrogen-bond acceptors (Lipinski definition) is 2. The Hall–Kier alpha value is -1.81. The minimum absolute atomic E-state index is 0.0253. The summed E-state index contributed by atoms with van der Waals surface area (Å²) in [6.45, 7) is 8.50. The molecule has 1 aromatic carbocycles. The molecule has 2 rings (SSSR count). The fourth-order valence-corrected chi connectivity index (χ4v) is 2.11. The van der Waals surface area contributed by atoms with Crippen LogP contribution >= 0.6 is 0 Å². The van der Waals surface area contributed by atoms with Crippen LogP contribution in [0.4, 0.5) is 0 Å². The maximum Gasteiger partial charge on any atom is 0.237 e. The average molecular weight is 273 g/mol. The topological polar surface area (TPSA) is 56.9 Å². The number of fused-ring (bicyclic) bond motifs is 1. The molecule has 1 heterocycles. The van der Waals surface area contributed by atoms with E-state index >= 15 is 0 Å². The molecule has 0 radical (unpaired) electrons. The van der Waals surface area contributed by atoms with Gasteiger partial charge in [0.2, 0.25) is 5.91 Å². The van der Waals surface area contributed by atoms with Crippen molar-refractivity contribution >= 4 is 16.8 Å². The van der Waals surface area contributed by atoms with Crippen molar-refractivity contribution in [3.63, 3.8) is 0 Å². The fourth-order valence-electron chi connectivity index (χ4n) is 2.11. The predicted octanol–water partition coefficient (Wildman–Crippen LogP) is 2.56. The minimum atomic E-state index is -0.220. The van der Waals surface area contributed by atoms with Crippen molar-refractivity contribution in [1.29, 1.82) is 0 Å². The number of para-hydroxylation sites is 1. The number of carbonyl (C=O) groups excluding carboxylic acids is 1. The number of amides is 1. The summed E-state index contributed by atoms with van der Waals surface area (Å²) in [4.78, 5) is 15.2. The Morgan fingerprint density at radius 1 is 1.30 bits per heavy atom. The number of aromatic nitrogens is 1. The largest absolute Gasteiger partial charge is 0.361 e. The van der Waals surface area contributed by atoms with Crippen LogP contribution in [-0.2, 0) is 11.3 Å². The van der Waals surface area contributed by atoms with E-state index < -0.39 is 0 Å². The third-order valence-corrected chi connectivity index (χ3v) is 3.17. The van der Waals surface area contributed by atoms with Crippen LogP contribution in [0.5, 0.6) is 0 Å². The lowest BCUT2D eigenvalue weighted by atomic mass is 10.1. The van der Waals surface area contributed by atoms with Gasteiger partial charge in [0.1, 0.15) is 0 Å². The number of H-pyrrole nitrogens is 1. The Morgan fingerprint density at radius 2 is 2.00 bits per heavy atom. The molecule has 1 aromatic heterocycles. The monoisotopic (exact) mass is 273 g/mol. The van der Waals surface area contributed by atoms with E-state index in [0.29, 0.717) is 6.54 Å². The van der Waals surface area contributed by atoms with E-state index in [1.807, 2.05) is 46.0 Å². The summed E-state index contributed by atoms with van der Waals surface area (Å²) in [5.41, 5.74) is 2.10. The van der Waals surface area contributed by atoms with E-state index in [9.17, 15) is 4.79 Å². The van der Waals surface area contributed by atoms with Crippen LogP contribution in [0.25, 0.3) is 10.9 Å². The third-order valence-electron chi connectivity index (χ3n) is 3.17. The van der Waals surface area contributed by atoms with E-state index in [2.05, 4.69) is 27.8 Å². The highest BCUT2D eigenvalue weighted by Gasteiger charge is 2.18. The van der Waals surface area contributed by atoms with Gasteiger partial charge in [0, 0.05) is 29.2 Å². The van der Waals surface area contributed by atoms with E-state index in [1.165, 1.54) is 10.9 Å². The van der Waals surface area contributed by atoms with E-state index in [1.54, 1.807) is 0 Å². The standard InChI is InChI=1S/C16H23N3O/c1-11(15(20)19-16(2,3)4)17-9-12-10-18-14-8-6-5-7-13(12)14/h5-8,10-11,17-18H,9H2,1-4H3,(H,19,20). The van der Waals surface area contributed by atoms with Crippen LogP contribution in [-0.4, -0.2) is 22.5 Å². The molecule has 1 amide bonds. The van der Waals surface area contributed by atoms with E-state index in [4.69, 9.17) is 0 Å². The summed E-state index contributed by atoms with van der Waals surface area (Å²) in [5, 5.41) is 7.44. The van der Waals surface area contributed by atoms with Crippen LogP contribution in [0.3, 0.4) is 0 Å². The summed E-state index contributed by atoms with van der Waals surface area (Å²) >= 11 is 0. The van der Waals surface area contributed by atoms with E-state index in [0.717, 1.165) is 5.52 Å². The number of aromatic amines is 1. The first-order valence-corrected chi connectivity index (χ1v) is 6.97. The Labute approximate surface area is 120 Å². The molecule has 0 fully saturated rings. The van der Waals surface area contributed by atoms with Crippen molar-refractivity contribution in [2.45, 2.75) is 45.8 Å². The van der Waals surface area contributed by atoms with Crippen molar-refractivity contribution < 1.29 is 4.79 Å². The van der Waals surface area contributed by atoms with Crippen molar-refractivity contribution in [2.75, 3.05) is 0 Å². The molecular formula is C16H23N3O. The molecule has 3 N–H and O–H groups in total. The summed E-state index contributed by atoms with van der Waals surface area (Å²) in [5.74, 6) is 0.0253. The highest BCUT2D eigenvalue weighted by atomic mass is 16.2. The Bertz CT molecular complexity index is 595. The van der Waals surface area contributed by atoms with Crippen molar-refractivity contribution in [3.05, 3.63) is 36.0 Å². The third kappa shape index (κ3) is 3.61. The Morgan fingerprint density at radius 3 is 2.70 bits per heavy atom.